The van der Waals surface area contributed by atoms with E-state index in [9.17, 15) is 9.90 Å². The molecule has 1 aliphatic rings. The molecule has 0 spiro atoms. The molecule has 0 aliphatic heterocycles. The standard InChI is InChI=1S/C21H33NO3/c1-4-18-13-16(14-19(5-2)22-18)11-12-21(24,15-20(23)25-6-3)17-9-7-8-10-17/h13-14,17,24H,4-12,15H2,1-3H3. The molecule has 0 aromatic carbocycles. The van der Waals surface area contributed by atoms with Crippen LogP contribution >= 0.6 is 0 Å². The number of nitrogens with zero attached hydrogens (tertiary/aromatic N) is 1. The van der Waals surface area contributed by atoms with Crippen LogP contribution in [0.15, 0.2) is 12.1 Å². The Morgan fingerprint density at radius 3 is 2.32 bits per heavy atom. The number of aromatic nitrogens is 1. The molecule has 1 atom stereocenters. The first-order chi connectivity index (χ1) is 12.0. The molecule has 0 radical (unpaired) electrons. The first-order valence-corrected chi connectivity index (χ1v) is 9.87. The van der Waals surface area contributed by atoms with Crippen LogP contribution in [0.5, 0.6) is 0 Å². The molecule has 1 fully saturated rings. The molecule has 0 saturated heterocycles. The number of carbonyl (C=O) groups is 1. The summed E-state index contributed by atoms with van der Waals surface area (Å²) < 4.78 is 5.11. The third-order valence-corrected chi connectivity index (χ3v) is 5.43. The lowest BCUT2D eigenvalue weighted by molar-refractivity contribution is -0.151. The first kappa shape index (κ1) is 19.9. The molecule has 1 unspecified atom stereocenters. The number of aliphatic hydroxyl groups is 1. The highest BCUT2D eigenvalue weighted by Crippen LogP contribution is 2.39. The average molecular weight is 347 g/mol. The quantitative estimate of drug-likeness (QED) is 0.686. The van der Waals surface area contributed by atoms with Gasteiger partial charge in [0.2, 0.25) is 0 Å². The molecule has 1 N–H and O–H groups in total. The van der Waals surface area contributed by atoms with Crippen LogP contribution in [0.4, 0.5) is 0 Å². The van der Waals surface area contributed by atoms with Crippen LogP contribution in [0, 0.1) is 5.92 Å². The third-order valence-electron chi connectivity index (χ3n) is 5.43. The lowest BCUT2D eigenvalue weighted by Crippen LogP contribution is -2.40. The van der Waals surface area contributed by atoms with E-state index >= 15 is 0 Å². The van der Waals surface area contributed by atoms with Gasteiger partial charge in [-0.1, -0.05) is 26.7 Å². The maximum Gasteiger partial charge on any atom is 0.308 e. The van der Waals surface area contributed by atoms with E-state index in [0.29, 0.717) is 13.0 Å². The zero-order chi connectivity index (χ0) is 18.3. The van der Waals surface area contributed by atoms with E-state index in [4.69, 9.17) is 4.74 Å². The van der Waals surface area contributed by atoms with Crippen molar-refractivity contribution in [2.75, 3.05) is 6.61 Å². The van der Waals surface area contributed by atoms with Gasteiger partial charge in [-0.2, -0.15) is 0 Å². The fourth-order valence-electron chi connectivity index (χ4n) is 3.95. The van der Waals surface area contributed by atoms with Crippen molar-refractivity contribution in [2.45, 2.75) is 84.2 Å². The van der Waals surface area contributed by atoms with Gasteiger partial charge in [-0.05, 0) is 69.1 Å². The molecule has 1 aromatic rings. The molecule has 1 saturated carbocycles. The predicted octanol–water partition coefficient (Wildman–Crippen LogP) is 4.01. The summed E-state index contributed by atoms with van der Waals surface area (Å²) in [5.41, 5.74) is 2.46. The summed E-state index contributed by atoms with van der Waals surface area (Å²) in [6.07, 6.45) is 7.61. The van der Waals surface area contributed by atoms with Crippen molar-refractivity contribution in [1.29, 1.82) is 0 Å². The molecule has 0 amide bonds. The van der Waals surface area contributed by atoms with Crippen LogP contribution in [0.1, 0.15) is 76.2 Å². The van der Waals surface area contributed by atoms with Crippen molar-refractivity contribution >= 4 is 5.97 Å². The minimum atomic E-state index is -0.954. The van der Waals surface area contributed by atoms with Crippen LogP contribution in [0.2, 0.25) is 0 Å². The molecular formula is C21H33NO3. The van der Waals surface area contributed by atoms with Crippen LogP contribution < -0.4 is 0 Å². The van der Waals surface area contributed by atoms with Gasteiger partial charge in [0.15, 0.2) is 0 Å². The number of hydrogen-bond donors (Lipinski definition) is 1. The van der Waals surface area contributed by atoms with Crippen molar-refractivity contribution in [2.24, 2.45) is 5.92 Å². The van der Waals surface area contributed by atoms with Crippen LogP contribution in [-0.4, -0.2) is 28.3 Å². The Kier molecular flexibility index (Phi) is 7.42. The van der Waals surface area contributed by atoms with E-state index in [2.05, 4.69) is 31.0 Å². The Labute approximate surface area is 152 Å². The van der Waals surface area contributed by atoms with Gasteiger partial charge in [-0.15, -0.1) is 0 Å². The van der Waals surface area contributed by atoms with Gasteiger partial charge in [0.25, 0.3) is 0 Å². The maximum atomic E-state index is 12.0. The highest BCUT2D eigenvalue weighted by Gasteiger charge is 2.40. The summed E-state index contributed by atoms with van der Waals surface area (Å²) in [6.45, 7) is 6.40. The van der Waals surface area contributed by atoms with Gasteiger partial charge in [0, 0.05) is 11.4 Å². The van der Waals surface area contributed by atoms with Gasteiger partial charge < -0.3 is 9.84 Å². The molecule has 4 heteroatoms. The number of pyridine rings is 1. The normalized spacial score (nSPS) is 17.4. The summed E-state index contributed by atoms with van der Waals surface area (Å²) in [5, 5.41) is 11.3. The third kappa shape index (κ3) is 5.53. The summed E-state index contributed by atoms with van der Waals surface area (Å²) in [5.74, 6) is -0.0786. The Hall–Kier alpha value is -1.42. The Morgan fingerprint density at radius 1 is 1.20 bits per heavy atom. The minimum absolute atomic E-state index is 0.109. The van der Waals surface area contributed by atoms with Crippen LogP contribution in [-0.2, 0) is 28.8 Å². The van der Waals surface area contributed by atoms with Gasteiger partial charge >= 0.3 is 5.97 Å². The molecule has 1 aliphatic carbocycles. The van der Waals surface area contributed by atoms with Crippen LogP contribution in [0.3, 0.4) is 0 Å². The zero-order valence-corrected chi connectivity index (χ0v) is 16.0. The smallest absolute Gasteiger partial charge is 0.308 e. The Morgan fingerprint density at radius 2 is 1.80 bits per heavy atom. The number of hydrogen-bond acceptors (Lipinski definition) is 4. The minimum Gasteiger partial charge on any atom is -0.466 e. The topological polar surface area (TPSA) is 59.4 Å². The summed E-state index contributed by atoms with van der Waals surface area (Å²) in [4.78, 5) is 16.7. The van der Waals surface area contributed by atoms with Crippen molar-refractivity contribution < 1.29 is 14.6 Å². The van der Waals surface area contributed by atoms with Crippen molar-refractivity contribution in [1.82, 2.24) is 4.98 Å². The molecule has 140 valence electrons. The SMILES string of the molecule is CCOC(=O)CC(O)(CCc1cc(CC)nc(CC)c1)C1CCCC1. The second kappa shape index (κ2) is 9.33. The lowest BCUT2D eigenvalue weighted by atomic mass is 9.79. The predicted molar refractivity (Wildman–Crippen MR) is 99.5 cm³/mol. The fraction of sp³-hybridized carbons (Fsp3) is 0.714. The van der Waals surface area contributed by atoms with E-state index in [-0.39, 0.29) is 18.3 Å². The number of esters is 1. The first-order valence-electron chi connectivity index (χ1n) is 9.87. The fourth-order valence-corrected chi connectivity index (χ4v) is 3.95. The number of aryl methyl sites for hydroxylation is 3. The molecule has 1 aromatic heterocycles. The summed E-state index contributed by atoms with van der Waals surface area (Å²) >= 11 is 0. The van der Waals surface area contributed by atoms with Crippen molar-refractivity contribution in [3.05, 3.63) is 29.1 Å². The lowest BCUT2D eigenvalue weighted by Gasteiger charge is -2.33. The van der Waals surface area contributed by atoms with E-state index < -0.39 is 5.60 Å². The number of rotatable bonds is 9. The van der Waals surface area contributed by atoms with E-state index in [0.717, 1.165) is 56.3 Å². The van der Waals surface area contributed by atoms with Crippen molar-refractivity contribution in [3.8, 4) is 0 Å². The van der Waals surface area contributed by atoms with Gasteiger partial charge in [-0.25, -0.2) is 0 Å². The summed E-state index contributed by atoms with van der Waals surface area (Å²) in [7, 11) is 0. The van der Waals surface area contributed by atoms with Crippen LogP contribution in [0.25, 0.3) is 0 Å². The molecule has 2 rings (SSSR count). The number of ether oxygens (including phenoxy) is 1. The average Bonchev–Trinajstić information content (AvgIpc) is 3.15. The summed E-state index contributed by atoms with van der Waals surface area (Å²) in [6, 6.07) is 4.27. The van der Waals surface area contributed by atoms with Gasteiger partial charge in [0.1, 0.15) is 0 Å². The Bertz CT molecular complexity index is 544. The largest absolute Gasteiger partial charge is 0.466 e. The van der Waals surface area contributed by atoms with E-state index in [1.54, 1.807) is 0 Å². The molecule has 25 heavy (non-hydrogen) atoms. The monoisotopic (exact) mass is 347 g/mol. The van der Waals surface area contributed by atoms with Crippen molar-refractivity contribution in [3.63, 3.8) is 0 Å². The number of carbonyl (C=O) groups excluding carboxylic acids is 1. The molecule has 4 nitrogen and oxygen atoms in total. The highest BCUT2D eigenvalue weighted by molar-refractivity contribution is 5.70. The second-order valence-electron chi connectivity index (χ2n) is 7.23. The highest BCUT2D eigenvalue weighted by atomic mass is 16.5. The molecule has 0 bridgehead atoms. The zero-order valence-electron chi connectivity index (χ0n) is 16.0. The van der Waals surface area contributed by atoms with Gasteiger partial charge in [0.05, 0.1) is 18.6 Å². The van der Waals surface area contributed by atoms with E-state index in [1.807, 2.05) is 6.92 Å². The Balaban J connectivity index is 2.12. The maximum absolute atomic E-state index is 12.0. The second-order valence-corrected chi connectivity index (χ2v) is 7.23. The molecular weight excluding hydrogens is 314 g/mol. The van der Waals surface area contributed by atoms with E-state index in [1.165, 1.54) is 5.56 Å². The van der Waals surface area contributed by atoms with Gasteiger partial charge in [-0.3, -0.25) is 9.78 Å². The molecule has 1 heterocycles.